The van der Waals surface area contributed by atoms with Gasteiger partial charge in [0.1, 0.15) is 5.82 Å². The van der Waals surface area contributed by atoms with Gasteiger partial charge >= 0.3 is 5.97 Å². The van der Waals surface area contributed by atoms with E-state index in [1.807, 2.05) is 19.1 Å². The van der Waals surface area contributed by atoms with Crippen molar-refractivity contribution in [3.05, 3.63) is 65.2 Å². The van der Waals surface area contributed by atoms with Crippen LogP contribution in [-0.2, 0) is 0 Å². The molecular weight excluding hydrogens is 390 g/mol. The number of carbonyl (C=O) groups is 2. The minimum atomic E-state index is -1.01. The van der Waals surface area contributed by atoms with Crippen LogP contribution in [0.5, 0.6) is 0 Å². The van der Waals surface area contributed by atoms with E-state index < -0.39 is 5.97 Å². The van der Waals surface area contributed by atoms with Gasteiger partial charge in [-0.3, -0.25) is 4.79 Å². The third-order valence-corrected chi connectivity index (χ3v) is 5.79. The minimum absolute atomic E-state index is 0.192. The number of carboxylic acid groups (broad SMARTS) is 1. The van der Waals surface area contributed by atoms with Crippen LogP contribution in [0.1, 0.15) is 46.5 Å². The Labute approximate surface area is 181 Å². The third-order valence-electron chi connectivity index (χ3n) is 5.79. The average Bonchev–Trinajstić information content (AvgIpc) is 2.72. The molecule has 1 aromatic heterocycles. The van der Waals surface area contributed by atoms with Crippen molar-refractivity contribution < 1.29 is 14.7 Å². The number of nitrogens with zero attached hydrogens (tertiary/aromatic N) is 2. The zero-order chi connectivity index (χ0) is 22.1. The molecule has 1 aliphatic heterocycles. The normalized spacial score (nSPS) is 18.7. The van der Waals surface area contributed by atoms with Crippen LogP contribution in [0, 0.1) is 18.8 Å². The summed E-state index contributed by atoms with van der Waals surface area (Å²) >= 11 is 0. The summed E-state index contributed by atoms with van der Waals surface area (Å²) < 4.78 is 0. The summed E-state index contributed by atoms with van der Waals surface area (Å²) in [5.41, 5.74) is 2.96. The van der Waals surface area contributed by atoms with E-state index in [9.17, 15) is 14.7 Å². The van der Waals surface area contributed by atoms with E-state index in [0.717, 1.165) is 18.7 Å². The summed E-state index contributed by atoms with van der Waals surface area (Å²) in [6.45, 7) is 8.12. The smallest absolute Gasteiger partial charge is 0.336 e. The number of pyridine rings is 1. The fourth-order valence-electron chi connectivity index (χ4n) is 4.39. The van der Waals surface area contributed by atoms with Crippen LogP contribution in [0.4, 0.5) is 11.5 Å². The van der Waals surface area contributed by atoms with Crippen molar-refractivity contribution >= 4 is 34.3 Å². The maximum Gasteiger partial charge on any atom is 0.336 e. The molecule has 1 amide bonds. The predicted octanol–water partition coefficient (Wildman–Crippen LogP) is 4.98. The van der Waals surface area contributed by atoms with Gasteiger partial charge in [-0.1, -0.05) is 31.5 Å². The highest BCUT2D eigenvalue weighted by molar-refractivity contribution is 6.08. The number of aryl methyl sites for hydroxylation is 1. The molecule has 1 fully saturated rings. The molecule has 3 aromatic rings. The second-order valence-electron chi connectivity index (χ2n) is 8.74. The van der Waals surface area contributed by atoms with Gasteiger partial charge in [0.05, 0.1) is 11.1 Å². The highest BCUT2D eigenvalue weighted by atomic mass is 16.4. The van der Waals surface area contributed by atoms with Crippen molar-refractivity contribution in [2.75, 3.05) is 23.3 Å². The molecule has 6 heteroatoms. The molecule has 31 heavy (non-hydrogen) atoms. The van der Waals surface area contributed by atoms with E-state index in [-0.39, 0.29) is 11.5 Å². The zero-order valence-corrected chi connectivity index (χ0v) is 18.1. The molecule has 2 heterocycles. The van der Waals surface area contributed by atoms with Crippen LogP contribution in [-0.4, -0.2) is 35.1 Å². The highest BCUT2D eigenvalue weighted by Gasteiger charge is 2.24. The Hall–Kier alpha value is -3.41. The van der Waals surface area contributed by atoms with E-state index in [1.54, 1.807) is 36.4 Å². The van der Waals surface area contributed by atoms with Crippen molar-refractivity contribution in [1.29, 1.82) is 0 Å². The number of amides is 1. The molecule has 0 aliphatic carbocycles. The Balaban J connectivity index is 1.67. The van der Waals surface area contributed by atoms with E-state index in [4.69, 9.17) is 4.98 Å². The summed E-state index contributed by atoms with van der Waals surface area (Å²) in [6, 6.07) is 14.2. The molecule has 2 atom stereocenters. The summed E-state index contributed by atoms with van der Waals surface area (Å²) in [7, 11) is 0. The molecule has 0 spiro atoms. The van der Waals surface area contributed by atoms with Crippen molar-refractivity contribution in [3.8, 4) is 0 Å². The van der Waals surface area contributed by atoms with Crippen LogP contribution in [0.15, 0.2) is 48.5 Å². The quantitative estimate of drug-likeness (QED) is 0.626. The first-order valence-electron chi connectivity index (χ1n) is 10.6. The number of hydrogen-bond acceptors (Lipinski definition) is 4. The van der Waals surface area contributed by atoms with Gasteiger partial charge in [-0.2, -0.15) is 0 Å². The van der Waals surface area contributed by atoms with E-state index in [0.29, 0.717) is 39.8 Å². The summed E-state index contributed by atoms with van der Waals surface area (Å²) in [5.74, 6) is 0.522. The fourth-order valence-corrected chi connectivity index (χ4v) is 4.39. The number of fused-ring (bicyclic) bond motifs is 1. The van der Waals surface area contributed by atoms with Crippen LogP contribution in [0.2, 0.25) is 0 Å². The topological polar surface area (TPSA) is 82.5 Å². The van der Waals surface area contributed by atoms with Crippen molar-refractivity contribution in [2.24, 2.45) is 11.8 Å². The Kier molecular flexibility index (Phi) is 5.63. The Morgan fingerprint density at radius 1 is 1.03 bits per heavy atom. The molecular formula is C25H27N3O3. The van der Waals surface area contributed by atoms with Crippen LogP contribution >= 0.6 is 0 Å². The molecule has 4 rings (SSSR count). The lowest BCUT2D eigenvalue weighted by Crippen LogP contribution is -2.39. The molecule has 0 bridgehead atoms. The molecule has 160 valence electrons. The van der Waals surface area contributed by atoms with E-state index in [2.05, 4.69) is 24.1 Å². The minimum Gasteiger partial charge on any atom is -0.478 e. The molecule has 2 N–H and O–H groups in total. The summed E-state index contributed by atoms with van der Waals surface area (Å²) in [6.07, 6.45) is 1.17. The average molecular weight is 418 g/mol. The predicted molar refractivity (Wildman–Crippen MR) is 123 cm³/mol. The van der Waals surface area contributed by atoms with Gasteiger partial charge in [0, 0.05) is 29.7 Å². The number of rotatable bonds is 4. The standard InChI is InChI=1S/C25H27N3O3/c1-15-4-6-18(7-5-15)24(29)26-19-8-9-22-20(11-19)21(25(30)31)12-23(27-22)28-13-16(2)10-17(3)14-28/h4-9,11-12,16-17H,10,13-14H2,1-3H3,(H,26,29)(H,30,31). The molecule has 1 aliphatic rings. The van der Waals surface area contributed by atoms with Gasteiger partial charge in [0.15, 0.2) is 0 Å². The number of piperidine rings is 1. The van der Waals surface area contributed by atoms with Crippen molar-refractivity contribution in [3.63, 3.8) is 0 Å². The maximum atomic E-state index is 12.6. The molecule has 0 saturated carbocycles. The van der Waals surface area contributed by atoms with Gasteiger partial charge in [0.2, 0.25) is 0 Å². The molecule has 1 saturated heterocycles. The first kappa shape index (κ1) is 20.8. The fraction of sp³-hybridized carbons (Fsp3) is 0.320. The number of nitrogens with one attached hydrogen (secondary N) is 1. The lowest BCUT2D eigenvalue weighted by Gasteiger charge is -2.36. The zero-order valence-electron chi connectivity index (χ0n) is 18.1. The number of aromatic nitrogens is 1. The summed E-state index contributed by atoms with van der Waals surface area (Å²) in [5, 5.41) is 13.2. The highest BCUT2D eigenvalue weighted by Crippen LogP contribution is 2.30. The number of carboxylic acids is 1. The Morgan fingerprint density at radius 2 is 1.71 bits per heavy atom. The van der Waals surface area contributed by atoms with Gasteiger partial charge in [-0.15, -0.1) is 0 Å². The van der Waals surface area contributed by atoms with Crippen molar-refractivity contribution in [1.82, 2.24) is 4.98 Å². The lowest BCUT2D eigenvalue weighted by molar-refractivity contribution is 0.0698. The number of carbonyl (C=O) groups excluding carboxylic acids is 1. The molecule has 2 aromatic carbocycles. The molecule has 0 radical (unpaired) electrons. The Bertz CT molecular complexity index is 1130. The number of aromatic carboxylic acids is 1. The largest absolute Gasteiger partial charge is 0.478 e. The van der Waals surface area contributed by atoms with Gasteiger partial charge in [-0.05, 0) is 61.6 Å². The van der Waals surface area contributed by atoms with Gasteiger partial charge in [-0.25, -0.2) is 9.78 Å². The SMILES string of the molecule is Cc1ccc(C(=O)Nc2ccc3nc(N4CC(C)CC(C)C4)cc(C(=O)O)c3c2)cc1. The number of hydrogen-bond donors (Lipinski definition) is 2. The first-order valence-corrected chi connectivity index (χ1v) is 10.6. The summed E-state index contributed by atoms with van der Waals surface area (Å²) in [4.78, 5) is 31.5. The van der Waals surface area contributed by atoms with E-state index >= 15 is 0 Å². The maximum absolute atomic E-state index is 12.6. The van der Waals surface area contributed by atoms with Gasteiger partial charge in [0.25, 0.3) is 5.91 Å². The number of benzene rings is 2. The van der Waals surface area contributed by atoms with Crippen LogP contribution < -0.4 is 10.2 Å². The third kappa shape index (κ3) is 4.53. The second kappa shape index (κ2) is 8.38. The Morgan fingerprint density at radius 3 is 2.35 bits per heavy atom. The molecule has 2 unspecified atom stereocenters. The molecule has 6 nitrogen and oxygen atoms in total. The monoisotopic (exact) mass is 417 g/mol. The van der Waals surface area contributed by atoms with Crippen LogP contribution in [0.3, 0.4) is 0 Å². The second-order valence-corrected chi connectivity index (χ2v) is 8.74. The first-order chi connectivity index (χ1) is 14.8. The van der Waals surface area contributed by atoms with Crippen molar-refractivity contribution in [2.45, 2.75) is 27.2 Å². The van der Waals surface area contributed by atoms with E-state index in [1.165, 1.54) is 6.42 Å². The van der Waals surface area contributed by atoms with Crippen LogP contribution in [0.25, 0.3) is 10.9 Å². The number of anilines is 2. The lowest BCUT2D eigenvalue weighted by atomic mass is 9.92. The van der Waals surface area contributed by atoms with Gasteiger partial charge < -0.3 is 15.3 Å².